The van der Waals surface area contributed by atoms with Gasteiger partial charge in [0.05, 0.1) is 0 Å². The van der Waals surface area contributed by atoms with E-state index in [2.05, 4.69) is 58.3 Å². The van der Waals surface area contributed by atoms with Gasteiger partial charge in [-0.05, 0) is 43.5 Å². The molecule has 1 N–H and O–H groups in total. The average molecular weight is 360 g/mol. The fraction of sp³-hybridized carbons (Fsp3) is 0.227. The van der Waals surface area contributed by atoms with Gasteiger partial charge in [0, 0.05) is 24.8 Å². The molecule has 0 aliphatic rings. The summed E-state index contributed by atoms with van der Waals surface area (Å²) in [6, 6.07) is 20.0. The number of anilines is 2. The molecule has 0 radical (unpaired) electrons. The predicted octanol–water partition coefficient (Wildman–Crippen LogP) is 3.92. The first kappa shape index (κ1) is 18.6. The number of amides is 1. The molecule has 0 saturated carbocycles. The van der Waals surface area contributed by atoms with E-state index in [0.717, 1.165) is 18.7 Å². The Balaban J connectivity index is 1.69. The van der Waals surface area contributed by atoms with Crippen molar-refractivity contribution >= 4 is 17.4 Å². The first-order chi connectivity index (χ1) is 13.2. The van der Waals surface area contributed by atoms with Crippen LogP contribution in [0.3, 0.4) is 0 Å². The molecule has 3 aromatic rings. The van der Waals surface area contributed by atoms with Crippen molar-refractivity contribution in [2.75, 3.05) is 18.0 Å². The molecule has 5 heteroatoms. The van der Waals surface area contributed by atoms with Crippen LogP contribution in [0.25, 0.3) is 0 Å². The molecule has 138 valence electrons. The Kier molecular flexibility index (Phi) is 6.15. The Labute approximate surface area is 160 Å². The molecule has 0 fully saturated rings. The van der Waals surface area contributed by atoms with E-state index in [1.165, 1.54) is 17.5 Å². The minimum atomic E-state index is -0.185. The maximum atomic E-state index is 12.5. The van der Waals surface area contributed by atoms with Crippen molar-refractivity contribution in [1.29, 1.82) is 0 Å². The number of aromatic nitrogens is 2. The van der Waals surface area contributed by atoms with Crippen LogP contribution in [0.1, 0.15) is 28.5 Å². The number of carbonyl (C=O) groups is 1. The number of benzene rings is 2. The Morgan fingerprint density at radius 2 is 1.85 bits per heavy atom. The van der Waals surface area contributed by atoms with Crippen LogP contribution in [0.5, 0.6) is 0 Å². The maximum Gasteiger partial charge on any atom is 0.270 e. The molecule has 3 rings (SSSR count). The minimum absolute atomic E-state index is 0.185. The number of rotatable bonds is 7. The van der Waals surface area contributed by atoms with Gasteiger partial charge in [0.15, 0.2) is 0 Å². The van der Waals surface area contributed by atoms with E-state index in [9.17, 15) is 4.79 Å². The standard InChI is InChI=1S/C22H24N4O/c1-3-26(19-11-7-8-17(2)14-19)21-15-20(24-16-25-21)22(27)23-13-12-18-9-5-4-6-10-18/h4-11,14-16H,3,12-13H2,1-2H3,(H,23,27). The SMILES string of the molecule is CCN(c1cccc(C)c1)c1cc(C(=O)NCCc2ccccc2)ncn1. The molecule has 27 heavy (non-hydrogen) atoms. The van der Waals surface area contributed by atoms with Crippen molar-refractivity contribution in [3.05, 3.63) is 83.8 Å². The molecule has 1 heterocycles. The topological polar surface area (TPSA) is 58.1 Å². The Bertz CT molecular complexity index is 896. The average Bonchev–Trinajstić information content (AvgIpc) is 2.70. The van der Waals surface area contributed by atoms with Gasteiger partial charge in [-0.15, -0.1) is 0 Å². The summed E-state index contributed by atoms with van der Waals surface area (Å²) < 4.78 is 0. The largest absolute Gasteiger partial charge is 0.350 e. The fourth-order valence-corrected chi connectivity index (χ4v) is 2.95. The first-order valence-electron chi connectivity index (χ1n) is 9.15. The molecule has 5 nitrogen and oxygen atoms in total. The number of hydrogen-bond acceptors (Lipinski definition) is 4. The van der Waals surface area contributed by atoms with E-state index in [1.807, 2.05) is 30.3 Å². The first-order valence-corrected chi connectivity index (χ1v) is 9.15. The lowest BCUT2D eigenvalue weighted by Gasteiger charge is -2.22. The highest BCUT2D eigenvalue weighted by atomic mass is 16.1. The zero-order valence-electron chi connectivity index (χ0n) is 15.7. The van der Waals surface area contributed by atoms with Crippen molar-refractivity contribution in [2.45, 2.75) is 20.3 Å². The van der Waals surface area contributed by atoms with Gasteiger partial charge in [0.1, 0.15) is 17.8 Å². The Morgan fingerprint density at radius 3 is 2.59 bits per heavy atom. The summed E-state index contributed by atoms with van der Waals surface area (Å²) in [5.74, 6) is 0.529. The Hall–Kier alpha value is -3.21. The summed E-state index contributed by atoms with van der Waals surface area (Å²) >= 11 is 0. The van der Waals surface area contributed by atoms with Gasteiger partial charge < -0.3 is 10.2 Å². The number of hydrogen-bond donors (Lipinski definition) is 1. The smallest absolute Gasteiger partial charge is 0.270 e. The summed E-state index contributed by atoms with van der Waals surface area (Å²) in [5.41, 5.74) is 3.79. The van der Waals surface area contributed by atoms with Gasteiger partial charge in [0.2, 0.25) is 0 Å². The van der Waals surface area contributed by atoms with Crippen LogP contribution >= 0.6 is 0 Å². The van der Waals surface area contributed by atoms with Crippen molar-refractivity contribution in [3.63, 3.8) is 0 Å². The second-order valence-corrected chi connectivity index (χ2v) is 6.34. The van der Waals surface area contributed by atoms with Crippen molar-refractivity contribution in [2.24, 2.45) is 0 Å². The van der Waals surface area contributed by atoms with Crippen LogP contribution in [0, 0.1) is 6.92 Å². The van der Waals surface area contributed by atoms with E-state index in [-0.39, 0.29) is 5.91 Å². The van der Waals surface area contributed by atoms with Crippen LogP contribution in [-0.4, -0.2) is 29.0 Å². The maximum absolute atomic E-state index is 12.5. The third-order valence-electron chi connectivity index (χ3n) is 4.33. The third-order valence-corrected chi connectivity index (χ3v) is 4.33. The van der Waals surface area contributed by atoms with Crippen LogP contribution < -0.4 is 10.2 Å². The molecule has 0 bridgehead atoms. The van der Waals surface area contributed by atoms with Crippen molar-refractivity contribution in [1.82, 2.24) is 15.3 Å². The number of aryl methyl sites for hydroxylation is 1. The zero-order chi connectivity index (χ0) is 19.1. The molecule has 0 spiro atoms. The summed E-state index contributed by atoms with van der Waals surface area (Å²) in [6.45, 7) is 5.43. The molecule has 0 unspecified atom stereocenters. The van der Waals surface area contributed by atoms with E-state index in [4.69, 9.17) is 0 Å². The van der Waals surface area contributed by atoms with Crippen LogP contribution in [-0.2, 0) is 6.42 Å². The number of nitrogens with one attached hydrogen (secondary N) is 1. The molecular weight excluding hydrogens is 336 g/mol. The molecule has 2 aromatic carbocycles. The molecule has 1 aromatic heterocycles. The number of carbonyl (C=O) groups excluding carboxylic acids is 1. The van der Waals surface area contributed by atoms with Gasteiger partial charge in [0.25, 0.3) is 5.91 Å². The molecule has 0 aliphatic heterocycles. The van der Waals surface area contributed by atoms with E-state index in [1.54, 1.807) is 6.07 Å². The van der Waals surface area contributed by atoms with Crippen LogP contribution in [0.4, 0.5) is 11.5 Å². The highest BCUT2D eigenvalue weighted by molar-refractivity contribution is 5.93. The molecular formula is C22H24N4O. The van der Waals surface area contributed by atoms with E-state index in [0.29, 0.717) is 18.1 Å². The summed E-state index contributed by atoms with van der Waals surface area (Å²) in [6.07, 6.45) is 2.23. The monoisotopic (exact) mass is 360 g/mol. The molecule has 0 saturated heterocycles. The summed E-state index contributed by atoms with van der Waals surface area (Å²) in [7, 11) is 0. The second-order valence-electron chi connectivity index (χ2n) is 6.34. The predicted molar refractivity (Wildman–Crippen MR) is 108 cm³/mol. The lowest BCUT2D eigenvalue weighted by molar-refractivity contribution is 0.0949. The molecule has 0 aliphatic carbocycles. The lowest BCUT2D eigenvalue weighted by Crippen LogP contribution is -2.27. The van der Waals surface area contributed by atoms with Gasteiger partial charge in [-0.3, -0.25) is 4.79 Å². The zero-order valence-corrected chi connectivity index (χ0v) is 15.7. The van der Waals surface area contributed by atoms with Crippen LogP contribution in [0.15, 0.2) is 67.0 Å². The van der Waals surface area contributed by atoms with Crippen LogP contribution in [0.2, 0.25) is 0 Å². The van der Waals surface area contributed by atoms with E-state index < -0.39 is 0 Å². The van der Waals surface area contributed by atoms with Gasteiger partial charge >= 0.3 is 0 Å². The van der Waals surface area contributed by atoms with Gasteiger partial charge in [-0.25, -0.2) is 9.97 Å². The molecule has 1 amide bonds. The fourth-order valence-electron chi connectivity index (χ4n) is 2.95. The summed E-state index contributed by atoms with van der Waals surface area (Å²) in [5, 5.41) is 2.93. The Morgan fingerprint density at radius 1 is 1.04 bits per heavy atom. The van der Waals surface area contributed by atoms with Gasteiger partial charge in [-0.2, -0.15) is 0 Å². The van der Waals surface area contributed by atoms with Crippen molar-refractivity contribution < 1.29 is 4.79 Å². The van der Waals surface area contributed by atoms with E-state index >= 15 is 0 Å². The second kappa shape index (κ2) is 8.94. The minimum Gasteiger partial charge on any atom is -0.350 e. The third kappa shape index (κ3) is 4.91. The highest BCUT2D eigenvalue weighted by Gasteiger charge is 2.13. The quantitative estimate of drug-likeness (QED) is 0.694. The highest BCUT2D eigenvalue weighted by Crippen LogP contribution is 2.24. The lowest BCUT2D eigenvalue weighted by atomic mass is 10.1. The number of nitrogens with zero attached hydrogens (tertiary/aromatic N) is 3. The molecule has 0 atom stereocenters. The van der Waals surface area contributed by atoms with Gasteiger partial charge in [-0.1, -0.05) is 42.5 Å². The van der Waals surface area contributed by atoms with Crippen molar-refractivity contribution in [3.8, 4) is 0 Å². The normalized spacial score (nSPS) is 10.4. The summed E-state index contributed by atoms with van der Waals surface area (Å²) in [4.78, 5) is 23.0.